The van der Waals surface area contributed by atoms with E-state index in [-0.39, 0.29) is 17.9 Å². The van der Waals surface area contributed by atoms with Gasteiger partial charge in [-0.2, -0.15) is 4.98 Å². The molecule has 2 unspecified atom stereocenters. The minimum atomic E-state index is -0.0364. The average Bonchev–Trinajstić information content (AvgIpc) is 3.29. The molecule has 3 aromatic rings. The van der Waals surface area contributed by atoms with Gasteiger partial charge in [0.25, 0.3) is 0 Å². The molecule has 1 fully saturated rings. The van der Waals surface area contributed by atoms with E-state index in [4.69, 9.17) is 4.52 Å². The molecule has 1 saturated heterocycles. The largest absolute Gasteiger partial charge is 0.339 e. The number of aromatic nitrogens is 2. The van der Waals surface area contributed by atoms with Crippen molar-refractivity contribution in [3.8, 4) is 0 Å². The summed E-state index contributed by atoms with van der Waals surface area (Å²) in [5.41, 5.74) is 2.28. The summed E-state index contributed by atoms with van der Waals surface area (Å²) >= 11 is 0. The Balaban J connectivity index is 1.46. The molecule has 0 radical (unpaired) electrons. The van der Waals surface area contributed by atoms with Crippen LogP contribution in [-0.4, -0.2) is 27.5 Å². The Morgan fingerprint density at radius 3 is 2.54 bits per heavy atom. The molecule has 0 aliphatic carbocycles. The van der Waals surface area contributed by atoms with Crippen molar-refractivity contribution in [1.29, 1.82) is 0 Å². The lowest BCUT2D eigenvalue weighted by molar-refractivity contribution is -0.129. The van der Waals surface area contributed by atoms with Gasteiger partial charge in [-0.1, -0.05) is 65.8 Å². The van der Waals surface area contributed by atoms with Gasteiger partial charge in [0.05, 0.1) is 12.0 Å². The van der Waals surface area contributed by atoms with Crippen molar-refractivity contribution in [3.05, 3.63) is 83.5 Å². The van der Waals surface area contributed by atoms with E-state index in [1.807, 2.05) is 53.4 Å². The van der Waals surface area contributed by atoms with Crippen molar-refractivity contribution in [2.24, 2.45) is 0 Å². The molecule has 2 atom stereocenters. The zero-order chi connectivity index (χ0) is 17.9. The molecule has 0 spiro atoms. The highest BCUT2D eigenvalue weighted by Crippen LogP contribution is 2.33. The molecule has 0 N–H and O–H groups in total. The van der Waals surface area contributed by atoms with Crippen molar-refractivity contribution in [1.82, 2.24) is 15.0 Å². The number of hydrogen-bond acceptors (Lipinski definition) is 4. The highest BCUT2D eigenvalue weighted by Gasteiger charge is 2.36. The number of nitrogens with zero attached hydrogens (tertiary/aromatic N) is 3. The van der Waals surface area contributed by atoms with Gasteiger partial charge in [-0.3, -0.25) is 4.79 Å². The zero-order valence-electron chi connectivity index (χ0n) is 14.7. The van der Waals surface area contributed by atoms with E-state index < -0.39 is 0 Å². The number of rotatable bonds is 5. The van der Waals surface area contributed by atoms with Crippen LogP contribution in [0.5, 0.6) is 0 Å². The first-order valence-electron chi connectivity index (χ1n) is 8.91. The van der Waals surface area contributed by atoms with E-state index >= 15 is 0 Å². The molecule has 1 aliphatic rings. The van der Waals surface area contributed by atoms with Gasteiger partial charge in [0.1, 0.15) is 0 Å². The normalized spacial score (nSPS) is 18.3. The van der Waals surface area contributed by atoms with Crippen LogP contribution in [0.25, 0.3) is 0 Å². The lowest BCUT2D eigenvalue weighted by Gasteiger charge is -2.24. The smallest absolute Gasteiger partial charge is 0.232 e. The van der Waals surface area contributed by atoms with Gasteiger partial charge in [-0.05, 0) is 18.1 Å². The number of hydrogen-bond donors (Lipinski definition) is 0. The molecular formula is C21H21N3O2. The number of amides is 1. The molecule has 2 heterocycles. The molecule has 0 saturated carbocycles. The lowest BCUT2D eigenvalue weighted by atomic mass is 10.1. The highest BCUT2D eigenvalue weighted by atomic mass is 16.5. The van der Waals surface area contributed by atoms with Crippen LogP contribution in [0.4, 0.5) is 0 Å². The molecule has 5 heteroatoms. The molecule has 5 nitrogen and oxygen atoms in total. The maximum absolute atomic E-state index is 12.5. The standard InChI is InChI=1S/C21H21N3O2/c1-15(17-10-6-3-7-11-17)24-14-18(13-20(24)25)21-22-19(23-26-21)12-16-8-4-2-5-9-16/h2-11,15,18H,12-14H2,1H3. The monoisotopic (exact) mass is 347 g/mol. The van der Waals surface area contributed by atoms with Crippen molar-refractivity contribution in [3.63, 3.8) is 0 Å². The second kappa shape index (κ2) is 7.12. The van der Waals surface area contributed by atoms with Crippen LogP contribution < -0.4 is 0 Å². The second-order valence-electron chi connectivity index (χ2n) is 6.75. The number of benzene rings is 2. The first kappa shape index (κ1) is 16.5. The van der Waals surface area contributed by atoms with E-state index in [0.717, 1.165) is 11.1 Å². The van der Waals surface area contributed by atoms with Gasteiger partial charge >= 0.3 is 0 Å². The van der Waals surface area contributed by atoms with E-state index in [9.17, 15) is 4.79 Å². The molecule has 26 heavy (non-hydrogen) atoms. The van der Waals surface area contributed by atoms with Gasteiger partial charge in [-0.25, -0.2) is 0 Å². The topological polar surface area (TPSA) is 59.2 Å². The third-order valence-corrected chi connectivity index (χ3v) is 4.95. The first-order chi connectivity index (χ1) is 12.7. The zero-order valence-corrected chi connectivity index (χ0v) is 14.7. The predicted molar refractivity (Wildman–Crippen MR) is 97.5 cm³/mol. The van der Waals surface area contributed by atoms with Crippen LogP contribution >= 0.6 is 0 Å². The Morgan fingerprint density at radius 1 is 1.12 bits per heavy atom. The SMILES string of the molecule is CC(c1ccccc1)N1CC(c2nc(Cc3ccccc3)no2)CC1=O. The van der Waals surface area contributed by atoms with Crippen LogP contribution in [0.3, 0.4) is 0 Å². The fraction of sp³-hybridized carbons (Fsp3) is 0.286. The lowest BCUT2D eigenvalue weighted by Crippen LogP contribution is -2.28. The Morgan fingerprint density at radius 2 is 1.81 bits per heavy atom. The Bertz CT molecular complexity index is 877. The summed E-state index contributed by atoms with van der Waals surface area (Å²) in [6.07, 6.45) is 1.05. The summed E-state index contributed by atoms with van der Waals surface area (Å²) in [4.78, 5) is 18.9. The molecule has 1 aliphatic heterocycles. The summed E-state index contributed by atoms with van der Waals surface area (Å²) < 4.78 is 5.46. The fourth-order valence-electron chi connectivity index (χ4n) is 3.47. The van der Waals surface area contributed by atoms with Crippen molar-refractivity contribution in [2.75, 3.05) is 6.54 Å². The quantitative estimate of drug-likeness (QED) is 0.705. The van der Waals surface area contributed by atoms with E-state index in [0.29, 0.717) is 31.1 Å². The predicted octanol–water partition coefficient (Wildman–Crippen LogP) is 3.74. The van der Waals surface area contributed by atoms with Crippen LogP contribution in [0.1, 0.15) is 48.1 Å². The minimum absolute atomic E-state index is 0.0364. The van der Waals surface area contributed by atoms with Crippen LogP contribution in [0.15, 0.2) is 65.2 Å². The average molecular weight is 347 g/mol. The first-order valence-corrected chi connectivity index (χ1v) is 8.91. The second-order valence-corrected chi connectivity index (χ2v) is 6.75. The number of likely N-dealkylation sites (tertiary alicyclic amines) is 1. The maximum atomic E-state index is 12.5. The van der Waals surface area contributed by atoms with E-state index in [1.54, 1.807) is 0 Å². The Labute approximate surface area is 152 Å². The minimum Gasteiger partial charge on any atom is -0.339 e. The van der Waals surface area contributed by atoms with Crippen molar-refractivity contribution < 1.29 is 9.32 Å². The Hall–Kier alpha value is -2.95. The van der Waals surface area contributed by atoms with E-state index in [1.165, 1.54) is 0 Å². The van der Waals surface area contributed by atoms with Gasteiger partial charge in [0, 0.05) is 19.4 Å². The van der Waals surface area contributed by atoms with Gasteiger partial charge in [0.15, 0.2) is 5.82 Å². The number of carbonyl (C=O) groups excluding carboxylic acids is 1. The third kappa shape index (κ3) is 3.38. The van der Waals surface area contributed by atoms with Gasteiger partial charge < -0.3 is 9.42 Å². The summed E-state index contributed by atoms with van der Waals surface area (Å²) in [5.74, 6) is 1.32. The van der Waals surface area contributed by atoms with Crippen LogP contribution in [0, 0.1) is 0 Å². The summed E-state index contributed by atoms with van der Waals surface area (Å²) in [6.45, 7) is 2.67. The maximum Gasteiger partial charge on any atom is 0.232 e. The summed E-state index contributed by atoms with van der Waals surface area (Å²) in [7, 11) is 0. The number of carbonyl (C=O) groups is 1. The molecular weight excluding hydrogens is 326 g/mol. The van der Waals surface area contributed by atoms with Crippen LogP contribution in [-0.2, 0) is 11.2 Å². The molecule has 132 valence electrons. The molecule has 1 amide bonds. The summed E-state index contributed by atoms with van der Waals surface area (Å²) in [6, 6.07) is 20.2. The van der Waals surface area contributed by atoms with E-state index in [2.05, 4.69) is 29.2 Å². The third-order valence-electron chi connectivity index (χ3n) is 4.95. The van der Waals surface area contributed by atoms with Crippen LogP contribution in [0.2, 0.25) is 0 Å². The van der Waals surface area contributed by atoms with Gasteiger partial charge in [-0.15, -0.1) is 0 Å². The molecule has 2 aromatic carbocycles. The van der Waals surface area contributed by atoms with Gasteiger partial charge in [0.2, 0.25) is 11.8 Å². The van der Waals surface area contributed by atoms with Crippen molar-refractivity contribution in [2.45, 2.75) is 31.7 Å². The van der Waals surface area contributed by atoms with Crippen molar-refractivity contribution >= 4 is 5.91 Å². The Kier molecular flexibility index (Phi) is 4.52. The molecule has 4 rings (SSSR count). The fourth-order valence-corrected chi connectivity index (χ4v) is 3.47. The highest BCUT2D eigenvalue weighted by molar-refractivity contribution is 5.80. The molecule has 0 bridgehead atoms. The summed E-state index contributed by atoms with van der Waals surface area (Å²) in [5, 5.41) is 4.09. The molecule has 1 aromatic heterocycles.